The van der Waals surface area contributed by atoms with Crippen LogP contribution >= 0.6 is 15.9 Å². The van der Waals surface area contributed by atoms with Gasteiger partial charge >= 0.3 is 0 Å². The number of halogens is 1. The molecule has 0 saturated heterocycles. The van der Waals surface area contributed by atoms with Crippen LogP contribution in [-0.2, 0) is 0 Å². The predicted octanol–water partition coefficient (Wildman–Crippen LogP) is 3.63. The molecule has 0 aromatic carbocycles. The first-order valence-corrected chi connectivity index (χ1v) is 8.30. The SMILES string of the molecule is COc1nc(NC23CC4CC(CC(C4)C2)C3)ncc1Br. The molecule has 5 heteroatoms. The number of nitrogens with zero attached hydrogens (tertiary/aromatic N) is 2. The number of hydrogen-bond donors (Lipinski definition) is 1. The lowest BCUT2D eigenvalue weighted by atomic mass is 9.53. The molecule has 108 valence electrons. The average Bonchev–Trinajstić information content (AvgIpc) is 2.39. The van der Waals surface area contributed by atoms with E-state index in [4.69, 9.17) is 4.74 Å². The predicted molar refractivity (Wildman–Crippen MR) is 80.8 cm³/mol. The molecule has 0 amide bonds. The second kappa shape index (κ2) is 4.58. The Morgan fingerprint density at radius 3 is 2.35 bits per heavy atom. The van der Waals surface area contributed by atoms with Crippen LogP contribution in [0.25, 0.3) is 0 Å². The van der Waals surface area contributed by atoms with E-state index in [1.54, 1.807) is 13.3 Å². The van der Waals surface area contributed by atoms with Crippen molar-refractivity contribution in [2.24, 2.45) is 17.8 Å². The van der Waals surface area contributed by atoms with E-state index in [2.05, 4.69) is 31.2 Å². The molecule has 1 aromatic heterocycles. The fourth-order valence-corrected chi connectivity index (χ4v) is 5.41. The standard InChI is InChI=1S/C15H20BrN3O/c1-20-13-12(16)8-17-14(18-13)19-15-5-9-2-10(6-15)4-11(3-9)7-15/h8-11H,2-7H2,1H3,(H,17,18,19). The van der Waals surface area contributed by atoms with E-state index in [9.17, 15) is 0 Å². The molecule has 0 spiro atoms. The second-order valence-electron chi connectivity index (χ2n) is 6.87. The summed E-state index contributed by atoms with van der Waals surface area (Å²) in [6.45, 7) is 0. The number of aromatic nitrogens is 2. The topological polar surface area (TPSA) is 47.0 Å². The van der Waals surface area contributed by atoms with Crippen LogP contribution in [0, 0.1) is 17.8 Å². The van der Waals surface area contributed by atoms with Gasteiger partial charge in [-0.2, -0.15) is 4.98 Å². The van der Waals surface area contributed by atoms with Gasteiger partial charge in [0.05, 0.1) is 17.8 Å². The molecule has 4 saturated carbocycles. The maximum Gasteiger partial charge on any atom is 0.232 e. The Morgan fingerprint density at radius 2 is 1.80 bits per heavy atom. The van der Waals surface area contributed by atoms with E-state index < -0.39 is 0 Å². The van der Waals surface area contributed by atoms with Crippen LogP contribution in [-0.4, -0.2) is 22.6 Å². The summed E-state index contributed by atoms with van der Waals surface area (Å²) in [5, 5.41) is 3.67. The van der Waals surface area contributed by atoms with Gasteiger partial charge in [-0.15, -0.1) is 0 Å². The van der Waals surface area contributed by atoms with Gasteiger partial charge < -0.3 is 10.1 Å². The number of hydrogen-bond acceptors (Lipinski definition) is 4. The molecule has 4 fully saturated rings. The lowest BCUT2D eigenvalue weighted by Crippen LogP contribution is -2.55. The molecule has 4 aliphatic carbocycles. The summed E-state index contributed by atoms with van der Waals surface area (Å²) < 4.78 is 6.07. The van der Waals surface area contributed by atoms with E-state index in [0.29, 0.717) is 11.8 Å². The highest BCUT2D eigenvalue weighted by molar-refractivity contribution is 9.10. The minimum absolute atomic E-state index is 0.244. The summed E-state index contributed by atoms with van der Waals surface area (Å²) >= 11 is 3.41. The van der Waals surface area contributed by atoms with Crippen molar-refractivity contribution in [3.8, 4) is 5.88 Å². The van der Waals surface area contributed by atoms with Gasteiger partial charge in [-0.25, -0.2) is 4.98 Å². The Bertz CT molecular complexity index is 499. The summed E-state index contributed by atoms with van der Waals surface area (Å²) in [6.07, 6.45) is 10.00. The molecule has 0 atom stereocenters. The fraction of sp³-hybridized carbons (Fsp3) is 0.733. The summed E-state index contributed by atoms with van der Waals surface area (Å²) in [4.78, 5) is 8.89. The van der Waals surface area contributed by atoms with E-state index in [1.807, 2.05) is 0 Å². The zero-order valence-corrected chi connectivity index (χ0v) is 13.3. The van der Waals surface area contributed by atoms with Crippen LogP contribution in [0.15, 0.2) is 10.7 Å². The highest BCUT2D eigenvalue weighted by Gasteiger charge is 2.51. The maximum atomic E-state index is 5.27. The van der Waals surface area contributed by atoms with Crippen molar-refractivity contribution in [3.63, 3.8) is 0 Å². The summed E-state index contributed by atoms with van der Waals surface area (Å²) in [7, 11) is 1.64. The van der Waals surface area contributed by atoms with Crippen LogP contribution < -0.4 is 10.1 Å². The van der Waals surface area contributed by atoms with Crippen molar-refractivity contribution in [2.45, 2.75) is 44.1 Å². The zero-order valence-electron chi connectivity index (χ0n) is 11.7. The zero-order chi connectivity index (χ0) is 13.7. The van der Waals surface area contributed by atoms with Gasteiger partial charge in [0, 0.05) is 5.54 Å². The monoisotopic (exact) mass is 337 g/mol. The van der Waals surface area contributed by atoms with E-state index >= 15 is 0 Å². The van der Waals surface area contributed by atoms with Crippen LogP contribution in [0.3, 0.4) is 0 Å². The molecule has 0 radical (unpaired) electrons. The number of ether oxygens (including phenoxy) is 1. The quantitative estimate of drug-likeness (QED) is 0.914. The Hall–Kier alpha value is -0.840. The van der Waals surface area contributed by atoms with Gasteiger partial charge in [-0.3, -0.25) is 0 Å². The van der Waals surface area contributed by atoms with Crippen LogP contribution in [0.4, 0.5) is 5.95 Å². The molecule has 1 N–H and O–H groups in total. The van der Waals surface area contributed by atoms with E-state index in [-0.39, 0.29) is 5.54 Å². The molecular weight excluding hydrogens is 318 g/mol. The third-order valence-electron chi connectivity index (χ3n) is 5.32. The Labute approximate surface area is 127 Å². The molecule has 4 nitrogen and oxygen atoms in total. The molecule has 20 heavy (non-hydrogen) atoms. The van der Waals surface area contributed by atoms with Crippen molar-refractivity contribution in [1.82, 2.24) is 9.97 Å². The van der Waals surface area contributed by atoms with Gasteiger partial charge in [-0.1, -0.05) is 0 Å². The lowest BCUT2D eigenvalue weighted by Gasteiger charge is -2.56. The van der Waals surface area contributed by atoms with Crippen LogP contribution in [0.1, 0.15) is 38.5 Å². The van der Waals surface area contributed by atoms with Gasteiger partial charge in [0.2, 0.25) is 11.8 Å². The van der Waals surface area contributed by atoms with Crippen molar-refractivity contribution in [3.05, 3.63) is 10.7 Å². The van der Waals surface area contributed by atoms with E-state index in [1.165, 1.54) is 38.5 Å². The average molecular weight is 338 g/mol. The first-order valence-electron chi connectivity index (χ1n) is 7.50. The van der Waals surface area contributed by atoms with Gasteiger partial charge in [0.1, 0.15) is 0 Å². The Kier molecular flexibility index (Phi) is 2.95. The van der Waals surface area contributed by atoms with Crippen molar-refractivity contribution >= 4 is 21.9 Å². The fourth-order valence-electron chi connectivity index (χ4n) is 5.06. The van der Waals surface area contributed by atoms with Gasteiger partial charge in [0.25, 0.3) is 0 Å². The smallest absolute Gasteiger partial charge is 0.232 e. The Balaban J connectivity index is 1.59. The Morgan fingerprint density at radius 1 is 1.20 bits per heavy atom. The maximum absolute atomic E-state index is 5.27. The number of rotatable bonds is 3. The number of nitrogens with one attached hydrogen (secondary N) is 1. The van der Waals surface area contributed by atoms with Crippen molar-refractivity contribution < 1.29 is 4.74 Å². The highest BCUT2D eigenvalue weighted by Crippen LogP contribution is 2.56. The summed E-state index contributed by atoms with van der Waals surface area (Å²) in [5.74, 6) is 4.09. The van der Waals surface area contributed by atoms with E-state index in [0.717, 1.165) is 22.2 Å². The van der Waals surface area contributed by atoms with Crippen LogP contribution in [0.2, 0.25) is 0 Å². The first-order chi connectivity index (χ1) is 9.66. The number of anilines is 1. The molecule has 5 rings (SSSR count). The molecule has 1 aromatic rings. The minimum Gasteiger partial charge on any atom is -0.480 e. The van der Waals surface area contributed by atoms with Crippen LogP contribution in [0.5, 0.6) is 5.88 Å². The normalized spacial score (nSPS) is 38.0. The first kappa shape index (κ1) is 12.9. The van der Waals surface area contributed by atoms with Crippen molar-refractivity contribution in [2.75, 3.05) is 12.4 Å². The largest absolute Gasteiger partial charge is 0.480 e. The second-order valence-corrected chi connectivity index (χ2v) is 7.73. The molecule has 4 aliphatic rings. The third kappa shape index (κ3) is 2.10. The minimum atomic E-state index is 0.244. The van der Waals surface area contributed by atoms with Gasteiger partial charge in [0.15, 0.2) is 0 Å². The molecule has 0 aliphatic heterocycles. The van der Waals surface area contributed by atoms with Gasteiger partial charge in [-0.05, 0) is 72.2 Å². The summed E-state index contributed by atoms with van der Waals surface area (Å²) in [5.41, 5.74) is 0.244. The third-order valence-corrected chi connectivity index (χ3v) is 5.86. The molecule has 4 bridgehead atoms. The highest BCUT2D eigenvalue weighted by atomic mass is 79.9. The summed E-state index contributed by atoms with van der Waals surface area (Å²) in [6, 6.07) is 0. The van der Waals surface area contributed by atoms with Crippen molar-refractivity contribution in [1.29, 1.82) is 0 Å². The molecular formula is C15H20BrN3O. The number of methoxy groups -OCH3 is 1. The molecule has 0 unspecified atom stereocenters. The lowest BCUT2D eigenvalue weighted by molar-refractivity contribution is 0.0103. The molecule has 1 heterocycles.